The third-order valence-corrected chi connectivity index (χ3v) is 9.23. The molecule has 37 heavy (non-hydrogen) atoms. The van der Waals surface area contributed by atoms with Crippen molar-refractivity contribution in [1.82, 2.24) is 30.2 Å². The summed E-state index contributed by atoms with van der Waals surface area (Å²) in [6.07, 6.45) is 10.6. The zero-order valence-electron chi connectivity index (χ0n) is 20.4. The Bertz CT molecular complexity index is 1630. The number of benzene rings is 1. The maximum absolute atomic E-state index is 5.34. The minimum absolute atomic E-state index is 0.514. The monoisotopic (exact) mass is 505 g/mol. The van der Waals surface area contributed by atoms with Crippen LogP contribution in [0.25, 0.3) is 33.3 Å². The number of rotatable bonds is 4. The van der Waals surface area contributed by atoms with Gasteiger partial charge in [0, 0.05) is 51.6 Å². The van der Waals surface area contributed by atoms with E-state index < -0.39 is 0 Å². The highest BCUT2D eigenvalue weighted by Gasteiger charge is 2.45. The van der Waals surface area contributed by atoms with E-state index >= 15 is 0 Å². The maximum atomic E-state index is 5.34. The quantitative estimate of drug-likeness (QED) is 0.332. The molecule has 2 fully saturated rings. The SMILES string of the molecule is c1ccc(Sc2cc3c(-c4nc5c6c(cncc6n4)C4CCC4N5C4CCNCC4)ccnc3[nH]2)cc1. The van der Waals surface area contributed by atoms with Gasteiger partial charge in [-0.15, -0.1) is 0 Å². The molecule has 184 valence electrons. The van der Waals surface area contributed by atoms with Crippen LogP contribution < -0.4 is 10.2 Å². The fourth-order valence-corrected chi connectivity index (χ4v) is 7.28. The van der Waals surface area contributed by atoms with Crippen LogP contribution in [0.5, 0.6) is 0 Å². The molecular weight excluding hydrogens is 478 g/mol. The third-order valence-electron chi connectivity index (χ3n) is 8.28. The first kappa shape index (κ1) is 21.6. The van der Waals surface area contributed by atoms with Crippen molar-refractivity contribution in [3.8, 4) is 11.4 Å². The molecule has 0 radical (unpaired) electrons. The lowest BCUT2D eigenvalue weighted by Gasteiger charge is -2.52. The summed E-state index contributed by atoms with van der Waals surface area (Å²) in [7, 11) is 0. The van der Waals surface area contributed by atoms with Gasteiger partial charge >= 0.3 is 0 Å². The van der Waals surface area contributed by atoms with Gasteiger partial charge in [0.1, 0.15) is 11.5 Å². The summed E-state index contributed by atoms with van der Waals surface area (Å²) in [5.41, 5.74) is 4.14. The van der Waals surface area contributed by atoms with Crippen LogP contribution >= 0.6 is 11.8 Å². The number of nitrogens with one attached hydrogen (secondary N) is 2. The predicted octanol–water partition coefficient (Wildman–Crippen LogP) is 5.54. The van der Waals surface area contributed by atoms with Crippen LogP contribution in [0.15, 0.2) is 71.0 Å². The van der Waals surface area contributed by atoms with Crippen molar-refractivity contribution in [2.75, 3.05) is 18.0 Å². The minimum Gasteiger partial charge on any atom is -0.349 e. The topological polar surface area (TPSA) is 82.6 Å². The average molecular weight is 506 g/mol. The Hall–Kier alpha value is -3.49. The maximum Gasteiger partial charge on any atom is 0.163 e. The van der Waals surface area contributed by atoms with E-state index in [9.17, 15) is 0 Å². The number of hydrogen-bond donors (Lipinski definition) is 2. The highest BCUT2D eigenvalue weighted by molar-refractivity contribution is 7.99. The summed E-state index contributed by atoms with van der Waals surface area (Å²) < 4.78 is 0. The molecule has 1 aliphatic carbocycles. The lowest BCUT2D eigenvalue weighted by Crippen LogP contribution is -2.56. The van der Waals surface area contributed by atoms with Crippen molar-refractivity contribution in [1.29, 1.82) is 0 Å². The highest BCUT2D eigenvalue weighted by atomic mass is 32.2. The average Bonchev–Trinajstić information content (AvgIpc) is 3.33. The third kappa shape index (κ3) is 3.46. The first-order chi connectivity index (χ1) is 18.3. The Labute approximate surface area is 219 Å². The smallest absolute Gasteiger partial charge is 0.163 e. The van der Waals surface area contributed by atoms with E-state index in [-0.39, 0.29) is 0 Å². The van der Waals surface area contributed by atoms with Crippen LogP contribution in [0.2, 0.25) is 0 Å². The molecule has 2 N–H and O–H groups in total. The zero-order valence-corrected chi connectivity index (χ0v) is 21.2. The normalized spacial score (nSPS) is 21.2. The zero-order chi connectivity index (χ0) is 24.3. The molecule has 0 spiro atoms. The molecule has 2 unspecified atom stereocenters. The van der Waals surface area contributed by atoms with Crippen molar-refractivity contribution >= 4 is 39.5 Å². The first-order valence-corrected chi connectivity index (χ1v) is 14.0. The summed E-state index contributed by atoms with van der Waals surface area (Å²) in [6, 6.07) is 15.7. The van der Waals surface area contributed by atoms with Gasteiger partial charge in [0.25, 0.3) is 0 Å². The highest BCUT2D eigenvalue weighted by Crippen LogP contribution is 2.51. The van der Waals surface area contributed by atoms with Gasteiger partial charge in [-0.2, -0.15) is 0 Å². The van der Waals surface area contributed by atoms with Gasteiger partial charge in [-0.1, -0.05) is 30.0 Å². The molecule has 7 nitrogen and oxygen atoms in total. The molecule has 5 aromatic rings. The molecule has 2 aliphatic heterocycles. The Morgan fingerprint density at radius 2 is 1.84 bits per heavy atom. The van der Waals surface area contributed by atoms with Crippen LogP contribution in [0.1, 0.15) is 37.2 Å². The molecule has 4 aromatic heterocycles. The Balaban J connectivity index is 1.28. The van der Waals surface area contributed by atoms with E-state index in [0.717, 1.165) is 64.7 Å². The summed E-state index contributed by atoms with van der Waals surface area (Å²) in [5.74, 6) is 2.40. The summed E-state index contributed by atoms with van der Waals surface area (Å²) in [6.45, 7) is 2.14. The summed E-state index contributed by atoms with van der Waals surface area (Å²) in [4.78, 5) is 27.0. The number of fused-ring (bicyclic) bond motifs is 3. The standard InChI is InChI=1S/C29H27N7S/c1-2-4-18(5-3-1)37-25-14-21-20(10-13-32-27(21)34-25)28-33-23-16-31-15-22-19-6-7-24(19)36(29(35-28)26(22)23)17-8-11-30-12-9-17/h1-5,10,13-17,19,24,30H,6-9,11-12H2,(H,32,34). The molecule has 2 atom stereocenters. The van der Waals surface area contributed by atoms with E-state index in [4.69, 9.17) is 9.97 Å². The van der Waals surface area contributed by atoms with Crippen LogP contribution in [0.4, 0.5) is 5.82 Å². The molecule has 8 heteroatoms. The number of piperidine rings is 1. The second kappa shape index (κ2) is 8.53. The van der Waals surface area contributed by atoms with Crippen molar-refractivity contribution in [3.05, 3.63) is 66.6 Å². The number of anilines is 1. The van der Waals surface area contributed by atoms with Gasteiger partial charge in [-0.3, -0.25) is 4.98 Å². The first-order valence-electron chi connectivity index (χ1n) is 13.2. The minimum atomic E-state index is 0.514. The van der Waals surface area contributed by atoms with E-state index in [1.165, 1.54) is 28.7 Å². The Kier molecular flexibility index (Phi) is 4.98. The van der Waals surface area contributed by atoms with E-state index in [1.54, 1.807) is 11.8 Å². The molecule has 1 aromatic carbocycles. The second-order valence-electron chi connectivity index (χ2n) is 10.3. The number of pyridine rings is 2. The largest absolute Gasteiger partial charge is 0.349 e. The molecule has 1 saturated carbocycles. The summed E-state index contributed by atoms with van der Waals surface area (Å²) in [5, 5.41) is 6.84. The number of H-pyrrole nitrogens is 1. The van der Waals surface area contributed by atoms with Crippen molar-refractivity contribution in [3.63, 3.8) is 0 Å². The Morgan fingerprint density at radius 3 is 2.68 bits per heavy atom. The van der Waals surface area contributed by atoms with Crippen LogP contribution in [-0.4, -0.2) is 50.1 Å². The molecule has 1 saturated heterocycles. The molecule has 8 rings (SSSR count). The van der Waals surface area contributed by atoms with Crippen molar-refractivity contribution < 1.29 is 0 Å². The number of nitrogens with zero attached hydrogens (tertiary/aromatic N) is 5. The predicted molar refractivity (Wildman–Crippen MR) is 147 cm³/mol. The molecule has 0 amide bonds. The van der Waals surface area contributed by atoms with Crippen LogP contribution in [-0.2, 0) is 0 Å². The Morgan fingerprint density at radius 1 is 0.946 bits per heavy atom. The molecule has 6 heterocycles. The fraction of sp³-hybridized carbons (Fsp3) is 0.310. The van der Waals surface area contributed by atoms with Gasteiger partial charge in [0.15, 0.2) is 5.82 Å². The van der Waals surface area contributed by atoms with E-state index in [0.29, 0.717) is 18.0 Å². The number of aromatic nitrogens is 5. The van der Waals surface area contributed by atoms with Crippen LogP contribution in [0.3, 0.4) is 0 Å². The molecular formula is C29H27N7S. The molecule has 0 bridgehead atoms. The van der Waals surface area contributed by atoms with Gasteiger partial charge in [-0.25, -0.2) is 15.0 Å². The fourth-order valence-electron chi connectivity index (χ4n) is 6.41. The molecule has 3 aliphatic rings. The van der Waals surface area contributed by atoms with Gasteiger partial charge < -0.3 is 15.2 Å². The van der Waals surface area contributed by atoms with Gasteiger partial charge in [-0.05, 0) is 68.6 Å². The van der Waals surface area contributed by atoms with Crippen molar-refractivity contribution in [2.24, 2.45) is 0 Å². The summed E-state index contributed by atoms with van der Waals surface area (Å²) >= 11 is 1.71. The lowest BCUT2D eigenvalue weighted by molar-refractivity contribution is 0.277. The van der Waals surface area contributed by atoms with Gasteiger partial charge in [0.2, 0.25) is 0 Å². The van der Waals surface area contributed by atoms with Crippen molar-refractivity contribution in [2.45, 2.75) is 53.6 Å². The number of hydrogen-bond acceptors (Lipinski definition) is 7. The lowest BCUT2D eigenvalue weighted by atomic mass is 9.70. The van der Waals surface area contributed by atoms with E-state index in [1.807, 2.05) is 24.5 Å². The van der Waals surface area contributed by atoms with Gasteiger partial charge in [0.05, 0.1) is 16.7 Å². The number of aromatic amines is 1. The second-order valence-corrected chi connectivity index (χ2v) is 11.4. The van der Waals surface area contributed by atoms with Crippen LogP contribution in [0, 0.1) is 0 Å². The van der Waals surface area contributed by atoms with E-state index in [2.05, 4.69) is 61.7 Å².